The number of hydrogen-bond acceptors (Lipinski definition) is 4. The van der Waals surface area contributed by atoms with Gasteiger partial charge >= 0.3 is 0 Å². The normalized spacial score (nSPS) is 14.7. The van der Waals surface area contributed by atoms with Gasteiger partial charge in [0.25, 0.3) is 5.91 Å². The number of nitrogens with one attached hydrogen (secondary N) is 2. The first kappa shape index (κ1) is 23.9. The van der Waals surface area contributed by atoms with Gasteiger partial charge in [-0.2, -0.15) is 0 Å². The Bertz CT molecular complexity index is 1120. The molecule has 3 aromatic rings. The van der Waals surface area contributed by atoms with Gasteiger partial charge in [-0.25, -0.2) is 0 Å². The Labute approximate surface area is 201 Å². The van der Waals surface area contributed by atoms with Gasteiger partial charge in [-0.1, -0.05) is 61.5 Å². The van der Waals surface area contributed by atoms with Crippen LogP contribution in [0.25, 0.3) is 10.8 Å². The Kier molecular flexibility index (Phi) is 8.28. The van der Waals surface area contributed by atoms with Crippen molar-refractivity contribution in [2.24, 2.45) is 0 Å². The molecule has 1 heterocycles. The van der Waals surface area contributed by atoms with Gasteiger partial charge in [-0.05, 0) is 40.6 Å². The number of carbonyl (C=O) groups excluding carboxylic acids is 2. The van der Waals surface area contributed by atoms with Gasteiger partial charge in [-0.3, -0.25) is 14.5 Å². The molecule has 0 bridgehead atoms. The van der Waals surface area contributed by atoms with Gasteiger partial charge in [0.2, 0.25) is 5.91 Å². The van der Waals surface area contributed by atoms with Gasteiger partial charge in [0.05, 0.1) is 0 Å². The fourth-order valence-electron chi connectivity index (χ4n) is 4.39. The van der Waals surface area contributed by atoms with E-state index in [0.29, 0.717) is 18.7 Å². The van der Waals surface area contributed by atoms with Crippen LogP contribution in [0.4, 0.5) is 0 Å². The Morgan fingerprint density at radius 3 is 2.24 bits per heavy atom. The summed E-state index contributed by atoms with van der Waals surface area (Å²) < 4.78 is 0. The average molecular weight is 459 g/mol. The number of fused-ring (bicyclic) bond motifs is 1. The first-order valence-electron chi connectivity index (χ1n) is 12.2. The van der Waals surface area contributed by atoms with E-state index in [2.05, 4.69) is 45.6 Å². The standard InChI is InChI=1S/C28H34N4O2/c1-2-31-15-17-32(18-16-31)21-26-10-6-5-9-25(26)20-30-27(33)13-14-29-28(34)24-12-11-22-7-3-4-8-23(22)19-24/h3-12,19H,2,13-18,20-21H2,1H3,(H,29,34)(H,30,33). The minimum atomic E-state index is -0.160. The highest BCUT2D eigenvalue weighted by Gasteiger charge is 2.16. The Hall–Kier alpha value is -3.22. The molecule has 178 valence electrons. The first-order chi connectivity index (χ1) is 16.6. The Morgan fingerprint density at radius 1 is 0.794 bits per heavy atom. The second kappa shape index (κ2) is 11.8. The summed E-state index contributed by atoms with van der Waals surface area (Å²) in [5.41, 5.74) is 3.01. The van der Waals surface area contributed by atoms with Crippen molar-refractivity contribution in [1.29, 1.82) is 0 Å². The van der Waals surface area contributed by atoms with E-state index >= 15 is 0 Å². The van der Waals surface area contributed by atoms with Crippen LogP contribution in [0, 0.1) is 0 Å². The molecule has 2 amide bonds. The quantitative estimate of drug-likeness (QED) is 0.516. The number of benzene rings is 3. The molecule has 0 spiro atoms. The summed E-state index contributed by atoms with van der Waals surface area (Å²) in [4.78, 5) is 29.8. The maximum Gasteiger partial charge on any atom is 0.251 e. The van der Waals surface area contributed by atoms with E-state index in [1.807, 2.05) is 48.5 Å². The number of hydrogen-bond donors (Lipinski definition) is 2. The molecular weight excluding hydrogens is 424 g/mol. The van der Waals surface area contributed by atoms with Crippen LogP contribution in [0.3, 0.4) is 0 Å². The van der Waals surface area contributed by atoms with Crippen LogP contribution in [0.15, 0.2) is 66.7 Å². The van der Waals surface area contributed by atoms with Crippen molar-refractivity contribution in [2.45, 2.75) is 26.4 Å². The van der Waals surface area contributed by atoms with Crippen LogP contribution in [0.1, 0.15) is 34.8 Å². The van der Waals surface area contributed by atoms with Crippen molar-refractivity contribution in [2.75, 3.05) is 39.3 Å². The smallest absolute Gasteiger partial charge is 0.251 e. The SMILES string of the molecule is CCN1CCN(Cc2ccccc2CNC(=O)CCNC(=O)c2ccc3ccccc3c2)CC1. The fourth-order valence-corrected chi connectivity index (χ4v) is 4.39. The predicted molar refractivity (Wildman–Crippen MR) is 137 cm³/mol. The van der Waals surface area contributed by atoms with Gasteiger partial charge in [-0.15, -0.1) is 0 Å². The molecule has 1 aliphatic heterocycles. The fraction of sp³-hybridized carbons (Fsp3) is 0.357. The highest BCUT2D eigenvalue weighted by Crippen LogP contribution is 2.16. The van der Waals surface area contributed by atoms with Crippen molar-refractivity contribution in [3.8, 4) is 0 Å². The van der Waals surface area contributed by atoms with Crippen LogP contribution >= 0.6 is 0 Å². The molecule has 6 heteroatoms. The van der Waals surface area contributed by atoms with Crippen LogP contribution in [-0.4, -0.2) is 60.9 Å². The summed E-state index contributed by atoms with van der Waals surface area (Å²) >= 11 is 0. The van der Waals surface area contributed by atoms with Crippen molar-refractivity contribution < 1.29 is 9.59 Å². The highest BCUT2D eigenvalue weighted by atomic mass is 16.2. The van der Waals surface area contributed by atoms with Crippen molar-refractivity contribution >= 4 is 22.6 Å². The van der Waals surface area contributed by atoms with Crippen LogP contribution in [0.5, 0.6) is 0 Å². The maximum atomic E-state index is 12.5. The minimum Gasteiger partial charge on any atom is -0.352 e. The molecule has 0 atom stereocenters. The van der Waals surface area contributed by atoms with Crippen LogP contribution in [-0.2, 0) is 17.9 Å². The molecule has 2 N–H and O–H groups in total. The summed E-state index contributed by atoms with van der Waals surface area (Å²) in [5, 5.41) is 8.00. The zero-order valence-electron chi connectivity index (χ0n) is 19.9. The maximum absolute atomic E-state index is 12.5. The topological polar surface area (TPSA) is 64.7 Å². The van der Waals surface area contributed by atoms with E-state index in [1.165, 1.54) is 5.56 Å². The zero-order valence-corrected chi connectivity index (χ0v) is 19.9. The van der Waals surface area contributed by atoms with E-state index in [1.54, 1.807) is 0 Å². The lowest BCUT2D eigenvalue weighted by Crippen LogP contribution is -2.45. The summed E-state index contributed by atoms with van der Waals surface area (Å²) in [7, 11) is 0. The predicted octanol–water partition coefficient (Wildman–Crippen LogP) is 3.41. The molecule has 1 saturated heterocycles. The number of rotatable bonds is 9. The number of carbonyl (C=O) groups is 2. The van der Waals surface area contributed by atoms with Crippen molar-refractivity contribution in [3.05, 3.63) is 83.4 Å². The lowest BCUT2D eigenvalue weighted by atomic mass is 10.1. The van der Waals surface area contributed by atoms with Crippen molar-refractivity contribution in [1.82, 2.24) is 20.4 Å². The monoisotopic (exact) mass is 458 g/mol. The largest absolute Gasteiger partial charge is 0.352 e. The Morgan fingerprint density at radius 2 is 1.47 bits per heavy atom. The molecule has 0 saturated carbocycles. The first-order valence-corrected chi connectivity index (χ1v) is 12.2. The van der Waals surface area contributed by atoms with Gasteiger partial charge in [0.15, 0.2) is 0 Å². The molecular formula is C28H34N4O2. The van der Waals surface area contributed by atoms with E-state index in [9.17, 15) is 9.59 Å². The number of piperazine rings is 1. The highest BCUT2D eigenvalue weighted by molar-refractivity contribution is 5.98. The molecule has 1 aliphatic rings. The molecule has 1 fully saturated rings. The number of amides is 2. The van der Waals surface area contributed by atoms with E-state index in [0.717, 1.165) is 55.6 Å². The Balaban J connectivity index is 1.22. The third kappa shape index (κ3) is 6.43. The minimum absolute atomic E-state index is 0.0647. The third-order valence-electron chi connectivity index (χ3n) is 6.55. The molecule has 0 radical (unpaired) electrons. The molecule has 4 rings (SSSR count). The van der Waals surface area contributed by atoms with Gasteiger partial charge in [0, 0.05) is 57.8 Å². The van der Waals surface area contributed by atoms with Gasteiger partial charge < -0.3 is 15.5 Å². The zero-order chi connectivity index (χ0) is 23.8. The summed E-state index contributed by atoms with van der Waals surface area (Å²) in [5.74, 6) is -0.225. The second-order valence-electron chi connectivity index (χ2n) is 8.82. The van der Waals surface area contributed by atoms with E-state index in [4.69, 9.17) is 0 Å². The average Bonchev–Trinajstić information content (AvgIpc) is 2.88. The molecule has 6 nitrogen and oxygen atoms in total. The van der Waals surface area contributed by atoms with Crippen molar-refractivity contribution in [3.63, 3.8) is 0 Å². The number of nitrogens with zero attached hydrogens (tertiary/aromatic N) is 2. The second-order valence-corrected chi connectivity index (χ2v) is 8.82. The molecule has 0 unspecified atom stereocenters. The summed E-state index contributed by atoms with van der Waals surface area (Å²) in [6.07, 6.45) is 0.250. The summed E-state index contributed by atoms with van der Waals surface area (Å²) in [6.45, 7) is 9.41. The molecule has 34 heavy (non-hydrogen) atoms. The third-order valence-corrected chi connectivity index (χ3v) is 6.55. The van der Waals surface area contributed by atoms with Crippen LogP contribution < -0.4 is 10.6 Å². The van der Waals surface area contributed by atoms with E-state index in [-0.39, 0.29) is 18.2 Å². The molecule has 0 aromatic heterocycles. The molecule has 3 aromatic carbocycles. The molecule has 0 aliphatic carbocycles. The lowest BCUT2D eigenvalue weighted by Gasteiger charge is -2.34. The van der Waals surface area contributed by atoms with E-state index < -0.39 is 0 Å². The summed E-state index contributed by atoms with van der Waals surface area (Å²) in [6, 6.07) is 21.9. The van der Waals surface area contributed by atoms with Crippen LogP contribution in [0.2, 0.25) is 0 Å². The lowest BCUT2D eigenvalue weighted by molar-refractivity contribution is -0.121. The van der Waals surface area contributed by atoms with Gasteiger partial charge in [0.1, 0.15) is 0 Å². The number of likely N-dealkylation sites (N-methyl/N-ethyl adjacent to an activating group) is 1.